The fraction of sp³-hybridized carbons (Fsp3) is 0.333. The van der Waals surface area contributed by atoms with Crippen molar-refractivity contribution in [2.45, 2.75) is 18.9 Å². The number of amides is 1. The van der Waals surface area contributed by atoms with Gasteiger partial charge >= 0.3 is 0 Å². The normalized spacial score (nSPS) is 20.3. The molecule has 15 heavy (non-hydrogen) atoms. The lowest BCUT2D eigenvalue weighted by Crippen LogP contribution is -2.36. The Bertz CT molecular complexity index is 361. The first kappa shape index (κ1) is 9.90. The van der Waals surface area contributed by atoms with Gasteiger partial charge < -0.3 is 9.69 Å². The lowest BCUT2D eigenvalue weighted by Gasteiger charge is -2.20. The van der Waals surface area contributed by atoms with Gasteiger partial charge in [-0.25, -0.2) is 0 Å². The number of hydrogen-bond donors (Lipinski definition) is 0. The molecule has 0 saturated carbocycles. The minimum atomic E-state index is -0.224. The van der Waals surface area contributed by atoms with Crippen molar-refractivity contribution in [2.24, 2.45) is 0 Å². The maximum absolute atomic E-state index is 12.0. The number of nitrogens with zero attached hydrogens (tertiary/aromatic N) is 1. The van der Waals surface area contributed by atoms with Crippen LogP contribution < -0.4 is 0 Å². The average molecular weight is 203 g/mol. The summed E-state index contributed by atoms with van der Waals surface area (Å²) in [5.41, 5.74) is 0.659. The van der Waals surface area contributed by atoms with Gasteiger partial charge in [0.2, 0.25) is 0 Å². The maximum atomic E-state index is 12.0. The van der Waals surface area contributed by atoms with Crippen LogP contribution in [0.25, 0.3) is 0 Å². The summed E-state index contributed by atoms with van der Waals surface area (Å²) in [5, 5.41) is 0. The Kier molecular flexibility index (Phi) is 2.81. The minimum Gasteiger partial charge on any atom is -0.329 e. The van der Waals surface area contributed by atoms with Gasteiger partial charge in [0.25, 0.3) is 5.91 Å². The molecule has 1 aliphatic heterocycles. The lowest BCUT2D eigenvalue weighted by molar-refractivity contribution is -0.111. The molecule has 1 fully saturated rings. The topological polar surface area (TPSA) is 37.4 Å². The molecule has 0 N–H and O–H groups in total. The average Bonchev–Trinajstić information content (AvgIpc) is 2.77. The third-order valence-electron chi connectivity index (χ3n) is 2.74. The molecular weight excluding hydrogens is 190 g/mol. The number of carbonyl (C=O) groups excluding carboxylic acids is 2. The smallest absolute Gasteiger partial charge is 0.254 e. The van der Waals surface area contributed by atoms with Crippen LogP contribution in [0, 0.1) is 0 Å². The first-order chi connectivity index (χ1) is 7.33. The van der Waals surface area contributed by atoms with Crippen LogP contribution in [0.5, 0.6) is 0 Å². The van der Waals surface area contributed by atoms with E-state index in [1.807, 2.05) is 18.2 Å². The predicted molar refractivity (Wildman–Crippen MR) is 56.6 cm³/mol. The minimum absolute atomic E-state index is 0.0369. The molecule has 78 valence electrons. The summed E-state index contributed by atoms with van der Waals surface area (Å²) >= 11 is 0. The third-order valence-corrected chi connectivity index (χ3v) is 2.74. The highest BCUT2D eigenvalue weighted by Gasteiger charge is 2.28. The predicted octanol–water partition coefficient (Wildman–Crippen LogP) is 1.49. The van der Waals surface area contributed by atoms with Gasteiger partial charge in [0.15, 0.2) is 0 Å². The second kappa shape index (κ2) is 4.26. The first-order valence-electron chi connectivity index (χ1n) is 5.14. The second-order valence-corrected chi connectivity index (χ2v) is 3.71. The molecule has 2 rings (SSSR count). The fourth-order valence-corrected chi connectivity index (χ4v) is 1.93. The Balaban J connectivity index is 2.18. The zero-order valence-corrected chi connectivity index (χ0v) is 8.43. The molecule has 0 aromatic heterocycles. The molecular formula is C12H13NO2. The van der Waals surface area contributed by atoms with E-state index >= 15 is 0 Å². The molecule has 1 saturated heterocycles. The summed E-state index contributed by atoms with van der Waals surface area (Å²) in [6, 6.07) is 8.87. The van der Waals surface area contributed by atoms with Crippen molar-refractivity contribution in [3.05, 3.63) is 35.9 Å². The van der Waals surface area contributed by atoms with E-state index in [0.717, 1.165) is 19.1 Å². The monoisotopic (exact) mass is 203 g/mol. The van der Waals surface area contributed by atoms with E-state index in [9.17, 15) is 9.59 Å². The number of hydrogen-bond acceptors (Lipinski definition) is 2. The van der Waals surface area contributed by atoms with Gasteiger partial charge in [-0.3, -0.25) is 4.79 Å². The SMILES string of the molecule is O=C[C@@H]1CCCN1C(=O)c1ccccc1. The summed E-state index contributed by atoms with van der Waals surface area (Å²) in [6.07, 6.45) is 2.58. The molecule has 0 bridgehead atoms. The van der Waals surface area contributed by atoms with Gasteiger partial charge in [0.1, 0.15) is 6.29 Å². The van der Waals surface area contributed by atoms with Crippen molar-refractivity contribution < 1.29 is 9.59 Å². The van der Waals surface area contributed by atoms with Crippen molar-refractivity contribution in [3.8, 4) is 0 Å². The lowest BCUT2D eigenvalue weighted by atomic mass is 10.2. The van der Waals surface area contributed by atoms with Crippen LogP contribution >= 0.6 is 0 Å². The number of likely N-dealkylation sites (tertiary alicyclic amines) is 1. The maximum Gasteiger partial charge on any atom is 0.254 e. The van der Waals surface area contributed by atoms with Crippen molar-refractivity contribution in [1.82, 2.24) is 4.90 Å². The zero-order chi connectivity index (χ0) is 10.7. The van der Waals surface area contributed by atoms with Gasteiger partial charge in [0, 0.05) is 12.1 Å². The molecule has 1 amide bonds. The van der Waals surface area contributed by atoms with Gasteiger partial charge in [-0.15, -0.1) is 0 Å². The highest BCUT2D eigenvalue weighted by atomic mass is 16.2. The van der Waals surface area contributed by atoms with Crippen LogP contribution in [0.3, 0.4) is 0 Å². The van der Waals surface area contributed by atoms with Crippen LogP contribution in [0.4, 0.5) is 0 Å². The van der Waals surface area contributed by atoms with Crippen molar-refractivity contribution in [3.63, 3.8) is 0 Å². The molecule has 1 atom stereocenters. The van der Waals surface area contributed by atoms with Crippen LogP contribution in [0.2, 0.25) is 0 Å². The van der Waals surface area contributed by atoms with Crippen LogP contribution in [0.1, 0.15) is 23.2 Å². The molecule has 3 heteroatoms. The summed E-state index contributed by atoms with van der Waals surface area (Å²) in [6.45, 7) is 0.692. The van der Waals surface area contributed by atoms with Gasteiger partial charge in [0.05, 0.1) is 6.04 Å². The Morgan fingerprint density at radius 2 is 2.07 bits per heavy atom. The summed E-state index contributed by atoms with van der Waals surface area (Å²) in [7, 11) is 0. The number of aldehydes is 1. The molecule has 0 spiro atoms. The standard InChI is InChI=1S/C12H13NO2/c14-9-11-7-4-8-13(11)12(15)10-5-2-1-3-6-10/h1-3,5-6,9,11H,4,7-8H2/t11-/m0/s1. The second-order valence-electron chi connectivity index (χ2n) is 3.71. The third kappa shape index (κ3) is 1.91. The summed E-state index contributed by atoms with van der Waals surface area (Å²) < 4.78 is 0. The van der Waals surface area contributed by atoms with Crippen molar-refractivity contribution >= 4 is 12.2 Å². The summed E-state index contributed by atoms with van der Waals surface area (Å²) in [5.74, 6) is -0.0369. The molecule has 1 aromatic carbocycles. The van der Waals surface area contributed by atoms with Gasteiger partial charge in [-0.05, 0) is 25.0 Å². The Morgan fingerprint density at radius 3 is 2.73 bits per heavy atom. The molecule has 1 heterocycles. The molecule has 0 radical (unpaired) electrons. The van der Waals surface area contributed by atoms with Crippen LogP contribution in [0.15, 0.2) is 30.3 Å². The fourth-order valence-electron chi connectivity index (χ4n) is 1.93. The van der Waals surface area contributed by atoms with Gasteiger partial charge in [-0.2, -0.15) is 0 Å². The molecule has 1 aliphatic rings. The number of rotatable bonds is 2. The van der Waals surface area contributed by atoms with E-state index in [4.69, 9.17) is 0 Å². The van der Waals surface area contributed by atoms with Crippen LogP contribution in [-0.4, -0.2) is 29.7 Å². The van der Waals surface area contributed by atoms with Gasteiger partial charge in [-0.1, -0.05) is 18.2 Å². The van der Waals surface area contributed by atoms with Crippen LogP contribution in [-0.2, 0) is 4.79 Å². The van der Waals surface area contributed by atoms with E-state index in [1.165, 1.54) is 0 Å². The molecule has 3 nitrogen and oxygen atoms in total. The quantitative estimate of drug-likeness (QED) is 0.683. The Hall–Kier alpha value is -1.64. The highest BCUT2D eigenvalue weighted by molar-refractivity contribution is 5.95. The number of carbonyl (C=O) groups is 2. The van der Waals surface area contributed by atoms with E-state index in [-0.39, 0.29) is 11.9 Å². The van der Waals surface area contributed by atoms with E-state index < -0.39 is 0 Å². The van der Waals surface area contributed by atoms with E-state index in [1.54, 1.807) is 17.0 Å². The van der Waals surface area contributed by atoms with E-state index in [0.29, 0.717) is 12.1 Å². The summed E-state index contributed by atoms with van der Waals surface area (Å²) in [4.78, 5) is 24.4. The van der Waals surface area contributed by atoms with E-state index in [2.05, 4.69) is 0 Å². The molecule has 0 unspecified atom stereocenters. The first-order valence-corrected chi connectivity index (χ1v) is 5.14. The highest BCUT2D eigenvalue weighted by Crippen LogP contribution is 2.18. The molecule has 1 aromatic rings. The number of benzene rings is 1. The zero-order valence-electron chi connectivity index (χ0n) is 8.43. The Morgan fingerprint density at radius 1 is 1.33 bits per heavy atom. The van der Waals surface area contributed by atoms with Crippen molar-refractivity contribution in [2.75, 3.05) is 6.54 Å². The Labute approximate surface area is 88.7 Å². The molecule has 0 aliphatic carbocycles. The van der Waals surface area contributed by atoms with Crippen molar-refractivity contribution in [1.29, 1.82) is 0 Å². The largest absolute Gasteiger partial charge is 0.329 e.